The van der Waals surface area contributed by atoms with Gasteiger partial charge in [0.25, 0.3) is 0 Å². The summed E-state index contributed by atoms with van der Waals surface area (Å²) in [5, 5.41) is 6.31. The predicted molar refractivity (Wildman–Crippen MR) is 195 cm³/mol. The van der Waals surface area contributed by atoms with Gasteiger partial charge in [-0.2, -0.15) is 16.9 Å². The Morgan fingerprint density at radius 3 is 2.54 bits per heavy atom. The van der Waals surface area contributed by atoms with Crippen LogP contribution in [0.15, 0.2) is 54.6 Å². The largest absolute Gasteiger partial charge is 0.444 e. The number of carbonyl (C=O) groups excluding carboxylic acids is 1. The van der Waals surface area contributed by atoms with Crippen LogP contribution in [0.25, 0.3) is 22.3 Å². The maximum atomic E-state index is 13.0. The average molecular weight is 667 g/mol. The van der Waals surface area contributed by atoms with Crippen LogP contribution in [0.3, 0.4) is 0 Å². The Kier molecular flexibility index (Phi) is 11.1. The molecule has 1 amide bonds. The van der Waals surface area contributed by atoms with Crippen LogP contribution in [-0.4, -0.2) is 77.2 Å². The van der Waals surface area contributed by atoms with E-state index >= 15 is 0 Å². The fourth-order valence-electron chi connectivity index (χ4n) is 5.78. The van der Waals surface area contributed by atoms with Gasteiger partial charge < -0.3 is 18.8 Å². The summed E-state index contributed by atoms with van der Waals surface area (Å²) in [6.07, 6.45) is 11.7. The van der Waals surface area contributed by atoms with E-state index in [1.165, 1.54) is 11.3 Å². The van der Waals surface area contributed by atoms with Gasteiger partial charge in [0.05, 0.1) is 24.4 Å². The van der Waals surface area contributed by atoms with Crippen molar-refractivity contribution in [1.29, 1.82) is 0 Å². The van der Waals surface area contributed by atoms with Crippen molar-refractivity contribution in [3.63, 3.8) is 0 Å². The van der Waals surface area contributed by atoms with E-state index in [-0.39, 0.29) is 12.0 Å². The number of nitrogens with zero attached hydrogens (tertiary/aromatic N) is 4. The molecule has 8 nitrogen and oxygen atoms in total. The molecule has 0 saturated heterocycles. The number of rotatable bonds is 14. The SMILES string of the molecule is CSCCOCn1c(-c2nn(COCCS(C)(C)C)c3c2CCC(C)(C)C3)cc2ccc(N(C)C(=O)OCc3ccccc3)cc21. The summed E-state index contributed by atoms with van der Waals surface area (Å²) in [6.45, 7) is 7.14. The van der Waals surface area contributed by atoms with Gasteiger partial charge in [-0.1, -0.05) is 50.2 Å². The molecule has 250 valence electrons. The van der Waals surface area contributed by atoms with Crippen LogP contribution in [0.2, 0.25) is 0 Å². The van der Waals surface area contributed by atoms with Crippen molar-refractivity contribution in [3.8, 4) is 11.4 Å². The molecule has 10 heteroatoms. The highest BCUT2D eigenvalue weighted by atomic mass is 32.3. The van der Waals surface area contributed by atoms with Gasteiger partial charge in [0.1, 0.15) is 25.8 Å². The molecule has 0 saturated carbocycles. The first-order valence-electron chi connectivity index (χ1n) is 15.9. The second-order valence-corrected chi connectivity index (χ2v) is 19.4. The standard InChI is InChI=1S/C36H50N4O4S2/c1-36(2)16-15-30-33(23-36)40(26-43-18-20-46(5,6)7)37-34(30)32-21-28-13-14-29(22-31(28)39(32)25-42-17-19-45-4)38(3)35(41)44-24-27-11-9-8-10-12-27/h8-14,21-22H,15-20,23-26H2,1-7H3. The van der Waals surface area contributed by atoms with E-state index in [1.54, 1.807) is 23.7 Å². The minimum Gasteiger partial charge on any atom is -0.444 e. The number of fused-ring (bicyclic) bond motifs is 2. The molecule has 5 rings (SSSR count). The van der Waals surface area contributed by atoms with Crippen molar-refractivity contribution in [2.24, 2.45) is 5.41 Å². The van der Waals surface area contributed by atoms with E-state index in [2.05, 4.69) is 60.3 Å². The van der Waals surface area contributed by atoms with Crippen LogP contribution in [0.1, 0.15) is 37.1 Å². The number of hydrogen-bond acceptors (Lipinski definition) is 6. The molecule has 46 heavy (non-hydrogen) atoms. The molecule has 1 aliphatic carbocycles. The van der Waals surface area contributed by atoms with E-state index in [0.29, 0.717) is 20.1 Å². The molecular weight excluding hydrogens is 617 g/mol. The third-order valence-corrected chi connectivity index (χ3v) is 10.5. The summed E-state index contributed by atoms with van der Waals surface area (Å²) in [6, 6.07) is 18.0. The monoisotopic (exact) mass is 666 g/mol. The fraction of sp³-hybridized carbons (Fsp3) is 0.500. The molecule has 4 aromatic rings. The highest BCUT2D eigenvalue weighted by Gasteiger charge is 2.32. The van der Waals surface area contributed by atoms with Crippen LogP contribution in [-0.2, 0) is 47.1 Å². The molecule has 0 aliphatic heterocycles. The smallest absolute Gasteiger partial charge is 0.414 e. The maximum Gasteiger partial charge on any atom is 0.414 e. The zero-order chi connectivity index (χ0) is 32.9. The van der Waals surface area contributed by atoms with Gasteiger partial charge in [-0.15, -0.1) is 0 Å². The molecule has 0 fully saturated rings. The molecule has 0 radical (unpaired) electrons. The molecule has 0 atom stereocenters. The van der Waals surface area contributed by atoms with Gasteiger partial charge in [-0.05, 0) is 73.5 Å². The van der Waals surface area contributed by atoms with Gasteiger partial charge >= 0.3 is 6.09 Å². The number of benzene rings is 2. The number of amides is 1. The van der Waals surface area contributed by atoms with Crippen LogP contribution in [0.4, 0.5) is 10.5 Å². The van der Waals surface area contributed by atoms with Gasteiger partial charge in [-0.3, -0.25) is 4.90 Å². The van der Waals surface area contributed by atoms with Gasteiger partial charge in [0.2, 0.25) is 0 Å². The predicted octanol–water partition coefficient (Wildman–Crippen LogP) is 7.80. The average Bonchev–Trinajstić information content (AvgIpc) is 3.56. The fourth-order valence-corrected chi connectivity index (χ4v) is 6.68. The maximum absolute atomic E-state index is 13.0. The molecule has 2 aromatic heterocycles. The zero-order valence-electron chi connectivity index (χ0n) is 28.5. The van der Waals surface area contributed by atoms with Gasteiger partial charge in [0.15, 0.2) is 0 Å². The second kappa shape index (κ2) is 14.9. The quantitative estimate of drug-likeness (QED) is 0.128. The zero-order valence-corrected chi connectivity index (χ0v) is 30.1. The van der Waals surface area contributed by atoms with Crippen LogP contribution < -0.4 is 4.90 Å². The Hall–Kier alpha value is -2.92. The summed E-state index contributed by atoms with van der Waals surface area (Å²) >= 11 is 1.77. The number of thioether (sulfide) groups is 1. The van der Waals surface area contributed by atoms with Crippen molar-refractivity contribution in [3.05, 3.63) is 71.4 Å². The van der Waals surface area contributed by atoms with Crippen molar-refractivity contribution in [1.82, 2.24) is 14.3 Å². The third-order valence-electron chi connectivity index (χ3n) is 8.57. The van der Waals surface area contributed by atoms with Gasteiger partial charge in [0, 0.05) is 40.9 Å². The molecule has 0 spiro atoms. The van der Waals surface area contributed by atoms with E-state index in [0.717, 1.165) is 70.9 Å². The number of aromatic nitrogens is 3. The highest BCUT2D eigenvalue weighted by Crippen LogP contribution is 2.41. The van der Waals surface area contributed by atoms with Crippen molar-refractivity contribution >= 4 is 44.5 Å². The summed E-state index contributed by atoms with van der Waals surface area (Å²) in [4.78, 5) is 14.6. The first-order chi connectivity index (χ1) is 22.0. The lowest BCUT2D eigenvalue weighted by Crippen LogP contribution is -2.26. The first kappa shape index (κ1) is 34.4. The molecule has 0 unspecified atom stereocenters. The third kappa shape index (κ3) is 8.51. The number of carbonyl (C=O) groups is 1. The van der Waals surface area contributed by atoms with E-state index in [1.807, 2.05) is 42.5 Å². The lowest BCUT2D eigenvalue weighted by Gasteiger charge is -2.30. The summed E-state index contributed by atoms with van der Waals surface area (Å²) in [5.41, 5.74) is 7.51. The Morgan fingerprint density at radius 2 is 1.80 bits per heavy atom. The first-order valence-corrected chi connectivity index (χ1v) is 20.3. The molecule has 0 N–H and O–H groups in total. The lowest BCUT2D eigenvalue weighted by molar-refractivity contribution is 0.0769. The summed E-state index contributed by atoms with van der Waals surface area (Å²) < 4.78 is 22.3. The van der Waals surface area contributed by atoms with Crippen molar-refractivity contribution in [2.45, 2.75) is 53.2 Å². The topological polar surface area (TPSA) is 70.8 Å². The van der Waals surface area contributed by atoms with E-state index in [9.17, 15) is 4.79 Å². The van der Waals surface area contributed by atoms with Crippen LogP contribution in [0.5, 0.6) is 0 Å². The number of anilines is 1. The van der Waals surface area contributed by atoms with E-state index in [4.69, 9.17) is 19.3 Å². The molecule has 2 heterocycles. The number of hydrogen-bond donors (Lipinski definition) is 0. The Balaban J connectivity index is 1.48. The Labute approximate surface area is 280 Å². The normalized spacial score (nSPS) is 14.8. The summed E-state index contributed by atoms with van der Waals surface area (Å²) in [5.74, 6) is 2.00. The van der Waals surface area contributed by atoms with E-state index < -0.39 is 16.1 Å². The highest BCUT2D eigenvalue weighted by molar-refractivity contribution is 8.32. The van der Waals surface area contributed by atoms with Crippen LogP contribution >= 0.6 is 21.8 Å². The Bertz CT molecular complexity index is 1620. The molecule has 1 aliphatic rings. The Morgan fingerprint density at radius 1 is 1.04 bits per heavy atom. The van der Waals surface area contributed by atoms with Gasteiger partial charge in [-0.25, -0.2) is 19.5 Å². The number of ether oxygens (including phenoxy) is 3. The van der Waals surface area contributed by atoms with Crippen molar-refractivity contribution in [2.75, 3.05) is 61.7 Å². The molecular formula is C36H50N4O4S2. The minimum atomic E-state index is -0.623. The summed E-state index contributed by atoms with van der Waals surface area (Å²) in [7, 11) is 1.13. The molecule has 2 aromatic carbocycles. The van der Waals surface area contributed by atoms with Crippen molar-refractivity contribution < 1.29 is 19.0 Å². The minimum absolute atomic E-state index is 0.208. The lowest BCUT2D eigenvalue weighted by atomic mass is 9.76. The second-order valence-electron chi connectivity index (χ2n) is 13.8. The van der Waals surface area contributed by atoms with Crippen LogP contribution in [0, 0.1) is 5.41 Å². The molecule has 0 bridgehead atoms.